The Hall–Kier alpha value is -0.360. The van der Waals surface area contributed by atoms with E-state index in [0.29, 0.717) is 0 Å². The number of carbonyl (C=O) groups is 1. The first-order chi connectivity index (χ1) is 7.11. The Kier molecular flexibility index (Phi) is 8.70. The van der Waals surface area contributed by atoms with Crippen LogP contribution in [0.4, 0.5) is 4.79 Å². The van der Waals surface area contributed by atoms with E-state index in [-0.39, 0.29) is 0 Å². The normalized spacial score (nSPS) is 11.3. The minimum Gasteiger partial charge on any atom is -0.296 e. The van der Waals surface area contributed by atoms with Gasteiger partial charge in [-0.25, -0.2) is 4.79 Å². The number of hydrogen-bond acceptors (Lipinski definition) is 5. The van der Waals surface area contributed by atoms with Crippen molar-refractivity contribution < 1.29 is 9.63 Å². The third-order valence-corrected chi connectivity index (χ3v) is 3.26. The molecule has 15 heavy (non-hydrogen) atoms. The summed E-state index contributed by atoms with van der Waals surface area (Å²) in [5.41, 5.74) is 0. The molecule has 0 saturated carbocycles. The standard InChI is InChI=1S/C9H18N2O2S2/c1-5-6-7-15-11(3)9(12)13-10-8(2)14-4/h5-7H2,1-4H3/b10-8+. The number of oxime groups is 1. The molecule has 0 aromatic heterocycles. The van der Waals surface area contributed by atoms with E-state index < -0.39 is 6.09 Å². The van der Waals surface area contributed by atoms with Crippen molar-refractivity contribution in [2.24, 2.45) is 5.16 Å². The topological polar surface area (TPSA) is 41.9 Å². The molecule has 0 bridgehead atoms. The Balaban J connectivity index is 3.79. The average molecular weight is 250 g/mol. The predicted molar refractivity (Wildman–Crippen MR) is 68.2 cm³/mol. The number of hydrogen-bond donors (Lipinski definition) is 0. The lowest BCUT2D eigenvalue weighted by Gasteiger charge is -2.12. The zero-order valence-corrected chi connectivity index (χ0v) is 11.3. The molecule has 88 valence electrons. The maximum absolute atomic E-state index is 11.3. The van der Waals surface area contributed by atoms with Crippen molar-refractivity contribution in [3.8, 4) is 0 Å². The van der Waals surface area contributed by atoms with Crippen molar-refractivity contribution in [1.29, 1.82) is 0 Å². The highest BCUT2D eigenvalue weighted by molar-refractivity contribution is 8.13. The molecular weight excluding hydrogens is 232 g/mol. The van der Waals surface area contributed by atoms with Gasteiger partial charge in [0.15, 0.2) is 0 Å². The van der Waals surface area contributed by atoms with Crippen molar-refractivity contribution in [1.82, 2.24) is 4.31 Å². The molecule has 0 heterocycles. The quantitative estimate of drug-likeness (QED) is 0.188. The Bertz CT molecular complexity index is 222. The SMILES string of the molecule is CCCCSN(C)C(=O)O/N=C(\C)SC. The van der Waals surface area contributed by atoms with Crippen LogP contribution in [0.2, 0.25) is 0 Å². The van der Waals surface area contributed by atoms with Gasteiger partial charge >= 0.3 is 6.09 Å². The largest absolute Gasteiger partial charge is 0.445 e. The fourth-order valence-electron chi connectivity index (χ4n) is 0.597. The third-order valence-electron chi connectivity index (χ3n) is 1.59. The number of unbranched alkanes of at least 4 members (excludes halogenated alkanes) is 1. The molecule has 0 rings (SSSR count). The molecule has 1 amide bonds. The van der Waals surface area contributed by atoms with Crippen LogP contribution in [0, 0.1) is 0 Å². The second-order valence-electron chi connectivity index (χ2n) is 2.86. The molecule has 0 unspecified atom stereocenters. The van der Waals surface area contributed by atoms with Gasteiger partial charge in [0, 0.05) is 12.8 Å². The van der Waals surface area contributed by atoms with Crippen LogP contribution in [0.3, 0.4) is 0 Å². The number of amides is 1. The van der Waals surface area contributed by atoms with E-state index in [1.54, 1.807) is 14.0 Å². The average Bonchev–Trinajstić information content (AvgIpc) is 2.25. The van der Waals surface area contributed by atoms with Gasteiger partial charge in [-0.3, -0.25) is 9.14 Å². The lowest BCUT2D eigenvalue weighted by atomic mass is 10.4. The molecule has 6 heteroatoms. The van der Waals surface area contributed by atoms with Gasteiger partial charge < -0.3 is 0 Å². The second kappa shape index (κ2) is 8.91. The van der Waals surface area contributed by atoms with E-state index in [2.05, 4.69) is 12.1 Å². The first-order valence-corrected chi connectivity index (χ1v) is 6.94. The van der Waals surface area contributed by atoms with Crippen LogP contribution in [0.25, 0.3) is 0 Å². The molecule has 0 radical (unpaired) electrons. The smallest absolute Gasteiger partial charge is 0.296 e. The van der Waals surface area contributed by atoms with E-state index >= 15 is 0 Å². The molecule has 0 saturated heterocycles. The Labute approximate surface area is 99.9 Å². The summed E-state index contributed by atoms with van der Waals surface area (Å²) in [6.45, 7) is 3.91. The summed E-state index contributed by atoms with van der Waals surface area (Å²) in [6.07, 6.45) is 3.67. The van der Waals surface area contributed by atoms with Crippen molar-refractivity contribution in [2.45, 2.75) is 26.7 Å². The van der Waals surface area contributed by atoms with Gasteiger partial charge in [-0.15, -0.1) is 11.8 Å². The molecule has 4 nitrogen and oxygen atoms in total. The highest BCUT2D eigenvalue weighted by Crippen LogP contribution is 2.11. The maximum atomic E-state index is 11.3. The summed E-state index contributed by atoms with van der Waals surface area (Å²) in [5, 5.41) is 4.40. The van der Waals surface area contributed by atoms with Gasteiger partial charge in [0.1, 0.15) is 5.04 Å². The van der Waals surface area contributed by atoms with Crippen LogP contribution in [0.1, 0.15) is 26.7 Å². The molecule has 0 fully saturated rings. The summed E-state index contributed by atoms with van der Waals surface area (Å²) in [6, 6.07) is 0. The summed E-state index contributed by atoms with van der Waals surface area (Å²) in [7, 11) is 1.69. The minimum absolute atomic E-state index is 0.426. The molecule has 0 aromatic rings. The molecule has 0 aromatic carbocycles. The van der Waals surface area contributed by atoms with Crippen LogP contribution in [-0.2, 0) is 4.84 Å². The molecule has 0 spiro atoms. The van der Waals surface area contributed by atoms with Gasteiger partial charge in [-0.1, -0.05) is 18.5 Å². The number of rotatable bonds is 5. The van der Waals surface area contributed by atoms with Gasteiger partial charge in [0.05, 0.1) is 0 Å². The minimum atomic E-state index is -0.426. The zero-order valence-electron chi connectivity index (χ0n) is 9.65. The molecule has 0 N–H and O–H groups in total. The van der Waals surface area contributed by atoms with E-state index in [0.717, 1.165) is 23.6 Å². The highest BCUT2D eigenvalue weighted by atomic mass is 32.2. The molecule has 0 atom stereocenters. The van der Waals surface area contributed by atoms with Crippen molar-refractivity contribution in [2.75, 3.05) is 19.1 Å². The molecule has 0 aliphatic heterocycles. The Morgan fingerprint density at radius 1 is 1.53 bits per heavy atom. The summed E-state index contributed by atoms with van der Waals surface area (Å²) in [5.74, 6) is 0.924. The third kappa shape index (κ3) is 7.56. The highest BCUT2D eigenvalue weighted by Gasteiger charge is 2.10. The molecule has 0 aliphatic carbocycles. The number of thioether (sulfide) groups is 1. The van der Waals surface area contributed by atoms with Crippen LogP contribution < -0.4 is 0 Å². The van der Waals surface area contributed by atoms with E-state index in [1.807, 2.05) is 6.26 Å². The Morgan fingerprint density at radius 2 is 2.20 bits per heavy atom. The van der Waals surface area contributed by atoms with Crippen LogP contribution in [0.5, 0.6) is 0 Å². The summed E-state index contributed by atoms with van der Waals surface area (Å²) < 4.78 is 1.47. The first kappa shape index (κ1) is 14.6. The lowest BCUT2D eigenvalue weighted by Crippen LogP contribution is -2.19. The fourth-order valence-corrected chi connectivity index (χ4v) is 1.54. The van der Waals surface area contributed by atoms with E-state index in [9.17, 15) is 4.79 Å². The molecular formula is C9H18N2O2S2. The maximum Gasteiger partial charge on any atom is 0.445 e. The number of nitrogens with zero attached hydrogens (tertiary/aromatic N) is 2. The second-order valence-corrected chi connectivity index (χ2v) is 5.07. The fraction of sp³-hybridized carbons (Fsp3) is 0.778. The van der Waals surface area contributed by atoms with Gasteiger partial charge in [0.2, 0.25) is 0 Å². The van der Waals surface area contributed by atoms with Crippen LogP contribution in [0.15, 0.2) is 5.16 Å². The van der Waals surface area contributed by atoms with Crippen LogP contribution in [-0.4, -0.2) is 34.5 Å². The number of carbonyl (C=O) groups excluding carboxylic acids is 1. The summed E-state index contributed by atoms with van der Waals surface area (Å²) in [4.78, 5) is 16.0. The zero-order chi connectivity index (χ0) is 11.7. The Morgan fingerprint density at radius 3 is 2.73 bits per heavy atom. The first-order valence-electron chi connectivity index (χ1n) is 4.78. The van der Waals surface area contributed by atoms with E-state index in [4.69, 9.17) is 4.84 Å². The van der Waals surface area contributed by atoms with E-state index in [1.165, 1.54) is 28.0 Å². The van der Waals surface area contributed by atoms with Crippen molar-refractivity contribution >= 4 is 34.8 Å². The van der Waals surface area contributed by atoms with Crippen molar-refractivity contribution in [3.05, 3.63) is 0 Å². The lowest BCUT2D eigenvalue weighted by molar-refractivity contribution is 0.137. The van der Waals surface area contributed by atoms with Crippen molar-refractivity contribution in [3.63, 3.8) is 0 Å². The van der Waals surface area contributed by atoms with Crippen LogP contribution >= 0.6 is 23.7 Å². The summed E-state index contributed by atoms with van der Waals surface area (Å²) >= 11 is 2.90. The van der Waals surface area contributed by atoms with Gasteiger partial charge in [-0.05, 0) is 31.5 Å². The van der Waals surface area contributed by atoms with Gasteiger partial charge in [0.25, 0.3) is 0 Å². The molecule has 0 aliphatic rings. The van der Waals surface area contributed by atoms with Gasteiger partial charge in [-0.2, -0.15) is 0 Å². The predicted octanol–water partition coefficient (Wildman–Crippen LogP) is 3.20. The monoisotopic (exact) mass is 250 g/mol.